The zero-order chi connectivity index (χ0) is 15.6. The molecule has 1 saturated heterocycles. The van der Waals surface area contributed by atoms with Gasteiger partial charge in [-0.25, -0.2) is 4.39 Å². The lowest BCUT2D eigenvalue weighted by molar-refractivity contribution is 0.0714. The normalized spacial score (nSPS) is 17.6. The highest BCUT2D eigenvalue weighted by molar-refractivity contribution is 9.10. The molecule has 114 valence electrons. The van der Waals surface area contributed by atoms with E-state index < -0.39 is 5.82 Å². The Morgan fingerprint density at radius 2 is 2.10 bits per heavy atom. The van der Waals surface area contributed by atoms with Gasteiger partial charge in [0.15, 0.2) is 0 Å². The molecule has 0 radical (unpaired) electrons. The molecule has 0 spiro atoms. The number of thioether (sulfide) groups is 1. The van der Waals surface area contributed by atoms with E-state index in [2.05, 4.69) is 15.9 Å². The van der Waals surface area contributed by atoms with Crippen LogP contribution >= 0.6 is 39.9 Å². The summed E-state index contributed by atoms with van der Waals surface area (Å²) in [6, 6.07) is 4.39. The van der Waals surface area contributed by atoms with Crippen molar-refractivity contribution in [2.24, 2.45) is 5.73 Å². The Labute approximate surface area is 141 Å². The summed E-state index contributed by atoms with van der Waals surface area (Å²) in [6.07, 6.45) is 3.38. The average molecular weight is 391 g/mol. The molecule has 3 nitrogen and oxygen atoms in total. The maximum absolute atomic E-state index is 13.8. The number of amides is 1. The Bertz CT molecular complexity index is 574. The van der Waals surface area contributed by atoms with Crippen LogP contribution in [0.15, 0.2) is 22.7 Å². The first kappa shape index (κ1) is 16.7. The fraction of sp³-hybridized carbons (Fsp3) is 0.429. The van der Waals surface area contributed by atoms with Gasteiger partial charge in [-0.1, -0.05) is 28.1 Å². The monoisotopic (exact) mass is 390 g/mol. The molecule has 0 bridgehead atoms. The molecule has 1 aromatic rings. The summed E-state index contributed by atoms with van der Waals surface area (Å²) in [4.78, 5) is 14.6. The van der Waals surface area contributed by atoms with Gasteiger partial charge in [-0.15, -0.1) is 0 Å². The van der Waals surface area contributed by atoms with E-state index in [1.807, 2.05) is 6.26 Å². The van der Waals surface area contributed by atoms with Gasteiger partial charge in [0, 0.05) is 17.6 Å². The van der Waals surface area contributed by atoms with Crippen LogP contribution in [-0.2, 0) is 0 Å². The number of carbonyl (C=O) groups is 1. The standard InChI is InChI=1S/C14H16BrFN2OS2/c1-21-14(13(17)20)4-6-18(7-5-14)12(19)10-8-9(15)2-3-11(10)16/h2-3,8H,4-7H2,1H3,(H2,17,20). The third-order valence-corrected chi connectivity index (χ3v) is 6.28. The van der Waals surface area contributed by atoms with Gasteiger partial charge in [0.2, 0.25) is 0 Å². The number of likely N-dealkylation sites (tertiary alicyclic amines) is 1. The molecule has 21 heavy (non-hydrogen) atoms. The number of thiocarbonyl (C=S) groups is 1. The minimum Gasteiger partial charge on any atom is -0.392 e. The van der Waals surface area contributed by atoms with Crippen molar-refractivity contribution in [3.63, 3.8) is 0 Å². The third-order valence-electron chi connectivity index (χ3n) is 3.86. The first-order valence-electron chi connectivity index (χ1n) is 6.49. The summed E-state index contributed by atoms with van der Waals surface area (Å²) in [5.41, 5.74) is 5.92. The molecule has 0 atom stereocenters. The van der Waals surface area contributed by atoms with Crippen LogP contribution in [0.2, 0.25) is 0 Å². The lowest BCUT2D eigenvalue weighted by Crippen LogP contribution is -2.50. The maximum atomic E-state index is 13.8. The number of hydrogen-bond acceptors (Lipinski definition) is 3. The summed E-state index contributed by atoms with van der Waals surface area (Å²) in [6.45, 7) is 1.06. The zero-order valence-electron chi connectivity index (χ0n) is 11.6. The highest BCUT2D eigenvalue weighted by Crippen LogP contribution is 2.35. The molecule has 1 aliphatic rings. The van der Waals surface area contributed by atoms with Crippen LogP contribution in [0.25, 0.3) is 0 Å². The molecule has 0 unspecified atom stereocenters. The van der Waals surface area contributed by atoms with E-state index in [1.165, 1.54) is 12.1 Å². The molecule has 0 saturated carbocycles. The molecular formula is C14H16BrFN2OS2. The molecule has 1 aromatic carbocycles. The van der Waals surface area contributed by atoms with Gasteiger partial charge in [0.05, 0.1) is 15.3 Å². The Morgan fingerprint density at radius 1 is 1.48 bits per heavy atom. The Hall–Kier alpha value is -0.660. The largest absolute Gasteiger partial charge is 0.392 e. The molecule has 1 fully saturated rings. The van der Waals surface area contributed by atoms with Gasteiger partial charge in [0.25, 0.3) is 5.91 Å². The quantitative estimate of drug-likeness (QED) is 0.804. The van der Waals surface area contributed by atoms with Gasteiger partial charge in [-0.2, -0.15) is 11.8 Å². The second-order valence-corrected chi connectivity index (χ2v) is 7.52. The summed E-state index contributed by atoms with van der Waals surface area (Å²) in [5, 5.41) is 0. The van der Waals surface area contributed by atoms with E-state index in [0.29, 0.717) is 35.4 Å². The number of hydrogen-bond donors (Lipinski definition) is 1. The molecule has 7 heteroatoms. The highest BCUT2D eigenvalue weighted by atomic mass is 79.9. The summed E-state index contributed by atoms with van der Waals surface area (Å²) in [5.74, 6) is -0.786. The second kappa shape index (κ2) is 6.62. The van der Waals surface area contributed by atoms with Crippen LogP contribution < -0.4 is 5.73 Å². The SMILES string of the molecule is CSC1(C(N)=S)CCN(C(=O)c2cc(Br)ccc2F)CC1. The Kier molecular flexibility index (Phi) is 5.27. The lowest BCUT2D eigenvalue weighted by Gasteiger charge is -2.40. The van der Waals surface area contributed by atoms with Gasteiger partial charge in [0.1, 0.15) is 5.82 Å². The predicted molar refractivity (Wildman–Crippen MR) is 92.3 cm³/mol. The Balaban J connectivity index is 2.13. The van der Waals surface area contributed by atoms with Crippen LogP contribution in [0.3, 0.4) is 0 Å². The second-order valence-electron chi connectivity index (χ2n) is 4.98. The van der Waals surface area contributed by atoms with Gasteiger partial charge in [-0.3, -0.25) is 4.79 Å². The van der Waals surface area contributed by atoms with Crippen molar-refractivity contribution in [1.82, 2.24) is 4.90 Å². The number of carbonyl (C=O) groups excluding carboxylic acids is 1. The first-order chi connectivity index (χ1) is 9.89. The summed E-state index contributed by atoms with van der Waals surface area (Å²) in [7, 11) is 0. The predicted octanol–water partition coefficient (Wildman–Crippen LogP) is 3.21. The van der Waals surface area contributed by atoms with E-state index in [9.17, 15) is 9.18 Å². The van der Waals surface area contributed by atoms with E-state index in [-0.39, 0.29) is 16.2 Å². The van der Waals surface area contributed by atoms with Crippen molar-refractivity contribution >= 4 is 50.8 Å². The van der Waals surface area contributed by atoms with E-state index in [0.717, 1.165) is 0 Å². The van der Waals surface area contributed by atoms with E-state index in [4.69, 9.17) is 18.0 Å². The molecule has 2 rings (SSSR count). The van der Waals surface area contributed by atoms with Gasteiger partial charge in [-0.05, 0) is 37.3 Å². The first-order valence-corrected chi connectivity index (χ1v) is 8.91. The molecular weight excluding hydrogens is 375 g/mol. The molecule has 2 N–H and O–H groups in total. The number of nitrogens with zero attached hydrogens (tertiary/aromatic N) is 1. The number of halogens is 2. The van der Waals surface area contributed by atoms with Gasteiger partial charge >= 0.3 is 0 Å². The van der Waals surface area contributed by atoms with Crippen LogP contribution in [0.5, 0.6) is 0 Å². The van der Waals surface area contributed by atoms with Crippen LogP contribution in [0, 0.1) is 5.82 Å². The number of rotatable bonds is 3. The fourth-order valence-electron chi connectivity index (χ4n) is 2.45. The molecule has 1 heterocycles. The van der Waals surface area contributed by atoms with E-state index >= 15 is 0 Å². The maximum Gasteiger partial charge on any atom is 0.256 e. The van der Waals surface area contributed by atoms with Crippen LogP contribution in [-0.4, -0.2) is 39.9 Å². The van der Waals surface area contributed by atoms with Crippen molar-refractivity contribution in [1.29, 1.82) is 0 Å². The average Bonchev–Trinajstić information content (AvgIpc) is 2.49. The van der Waals surface area contributed by atoms with E-state index in [1.54, 1.807) is 22.7 Å². The van der Waals surface area contributed by atoms with Crippen molar-refractivity contribution in [3.05, 3.63) is 34.1 Å². The highest BCUT2D eigenvalue weighted by Gasteiger charge is 2.38. The summed E-state index contributed by atoms with van der Waals surface area (Å²) < 4.78 is 14.2. The Morgan fingerprint density at radius 3 is 2.62 bits per heavy atom. The summed E-state index contributed by atoms with van der Waals surface area (Å²) >= 11 is 10.0. The van der Waals surface area contributed by atoms with Crippen LogP contribution in [0.1, 0.15) is 23.2 Å². The number of piperidine rings is 1. The van der Waals surface area contributed by atoms with Gasteiger partial charge < -0.3 is 10.6 Å². The number of nitrogens with two attached hydrogens (primary N) is 1. The third kappa shape index (κ3) is 3.40. The minimum absolute atomic E-state index is 0.0938. The molecule has 1 amide bonds. The topological polar surface area (TPSA) is 46.3 Å². The number of benzene rings is 1. The van der Waals surface area contributed by atoms with Crippen molar-refractivity contribution in [2.75, 3.05) is 19.3 Å². The molecule has 1 aliphatic heterocycles. The molecule has 0 aliphatic carbocycles. The van der Waals surface area contributed by atoms with Crippen molar-refractivity contribution < 1.29 is 9.18 Å². The fourth-order valence-corrected chi connectivity index (χ4v) is 4.06. The molecule has 0 aromatic heterocycles. The van der Waals surface area contributed by atoms with Crippen LogP contribution in [0.4, 0.5) is 4.39 Å². The smallest absolute Gasteiger partial charge is 0.256 e. The van der Waals surface area contributed by atoms with Crippen molar-refractivity contribution in [2.45, 2.75) is 17.6 Å². The zero-order valence-corrected chi connectivity index (χ0v) is 14.8. The van der Waals surface area contributed by atoms with Crippen molar-refractivity contribution in [3.8, 4) is 0 Å². The lowest BCUT2D eigenvalue weighted by atomic mass is 9.95. The minimum atomic E-state index is -0.501.